The number of carbonyl (C=O) groups excluding carboxylic acids is 2. The van der Waals surface area contributed by atoms with Gasteiger partial charge in [-0.25, -0.2) is 0 Å². The molecule has 130 valence electrons. The number of rotatable bonds is 6. The quantitative estimate of drug-likeness (QED) is 0.816. The summed E-state index contributed by atoms with van der Waals surface area (Å²) in [5.74, 6) is -0.109. The second-order valence-electron chi connectivity index (χ2n) is 6.38. The van der Waals surface area contributed by atoms with E-state index >= 15 is 0 Å². The van der Waals surface area contributed by atoms with Crippen LogP contribution in [0.1, 0.15) is 42.1 Å². The summed E-state index contributed by atoms with van der Waals surface area (Å²) in [4.78, 5) is 24.6. The first-order valence-corrected chi connectivity index (χ1v) is 8.89. The predicted molar refractivity (Wildman–Crippen MR) is 100 cm³/mol. The highest BCUT2D eigenvalue weighted by molar-refractivity contribution is 6.31. The van der Waals surface area contributed by atoms with Gasteiger partial charge in [-0.15, -0.1) is 0 Å². The van der Waals surface area contributed by atoms with Crippen molar-refractivity contribution in [2.45, 2.75) is 31.6 Å². The molecule has 0 aromatic heterocycles. The lowest BCUT2D eigenvalue weighted by Gasteiger charge is -2.16. The molecule has 0 bridgehead atoms. The minimum atomic E-state index is -0.384. The molecule has 0 saturated heterocycles. The van der Waals surface area contributed by atoms with E-state index in [-0.39, 0.29) is 17.2 Å². The molecule has 25 heavy (non-hydrogen) atoms. The zero-order valence-corrected chi connectivity index (χ0v) is 14.9. The summed E-state index contributed by atoms with van der Waals surface area (Å²) in [5.41, 5.74) is 1.82. The van der Waals surface area contributed by atoms with Crippen LogP contribution in [0.2, 0.25) is 5.02 Å². The molecule has 2 amide bonds. The summed E-state index contributed by atoms with van der Waals surface area (Å²) in [6.07, 6.45) is 2.67. The molecule has 2 aromatic rings. The number of anilines is 1. The Morgan fingerprint density at radius 2 is 1.84 bits per heavy atom. The molecule has 4 nitrogen and oxygen atoms in total. The molecule has 3 rings (SSSR count). The van der Waals surface area contributed by atoms with E-state index in [1.54, 1.807) is 24.3 Å². The molecule has 2 N–H and O–H groups in total. The van der Waals surface area contributed by atoms with Gasteiger partial charge in [-0.3, -0.25) is 9.59 Å². The summed E-state index contributed by atoms with van der Waals surface area (Å²) in [5, 5.41) is 6.36. The van der Waals surface area contributed by atoms with Gasteiger partial charge in [-0.05, 0) is 55.2 Å². The van der Waals surface area contributed by atoms with Crippen LogP contribution >= 0.6 is 11.6 Å². The van der Waals surface area contributed by atoms with E-state index in [1.165, 1.54) is 0 Å². The Labute approximate surface area is 152 Å². The molecule has 0 spiro atoms. The SMILES string of the molecule is CCCNC(=O)C1(c2ccc(NC(=O)c3cccc(Cl)c3)cc2)CC1. The lowest BCUT2D eigenvalue weighted by Crippen LogP contribution is -2.35. The van der Waals surface area contributed by atoms with Crippen LogP contribution in [0.15, 0.2) is 48.5 Å². The molecule has 1 aliphatic rings. The fraction of sp³-hybridized carbons (Fsp3) is 0.300. The standard InChI is InChI=1S/C20H21ClN2O2/c1-2-12-22-19(25)20(10-11-20)15-6-8-17(9-7-15)23-18(24)14-4-3-5-16(21)13-14/h3-9,13H,2,10-12H2,1H3,(H,22,25)(H,23,24). The third-order valence-electron chi connectivity index (χ3n) is 4.50. The van der Waals surface area contributed by atoms with E-state index < -0.39 is 0 Å². The first kappa shape index (κ1) is 17.5. The van der Waals surface area contributed by atoms with E-state index in [0.717, 1.165) is 24.8 Å². The third-order valence-corrected chi connectivity index (χ3v) is 4.74. The molecular weight excluding hydrogens is 336 g/mol. The van der Waals surface area contributed by atoms with Crippen LogP contribution in [0.25, 0.3) is 0 Å². The van der Waals surface area contributed by atoms with Crippen molar-refractivity contribution in [3.05, 3.63) is 64.7 Å². The van der Waals surface area contributed by atoms with Gasteiger partial charge < -0.3 is 10.6 Å². The highest BCUT2D eigenvalue weighted by atomic mass is 35.5. The van der Waals surface area contributed by atoms with Crippen LogP contribution < -0.4 is 10.6 Å². The van der Waals surface area contributed by atoms with E-state index in [0.29, 0.717) is 22.8 Å². The van der Waals surface area contributed by atoms with E-state index in [2.05, 4.69) is 10.6 Å². The number of halogens is 1. The minimum Gasteiger partial charge on any atom is -0.355 e. The predicted octanol–water partition coefficient (Wildman–Crippen LogP) is 4.15. The molecule has 0 aliphatic heterocycles. The van der Waals surface area contributed by atoms with Crippen LogP contribution in [0.4, 0.5) is 5.69 Å². The maximum absolute atomic E-state index is 12.4. The normalized spacial score (nSPS) is 14.6. The average Bonchev–Trinajstić information content (AvgIpc) is 3.42. The molecule has 1 fully saturated rings. The van der Waals surface area contributed by atoms with E-state index in [1.807, 2.05) is 31.2 Å². The zero-order valence-electron chi connectivity index (χ0n) is 14.1. The van der Waals surface area contributed by atoms with Gasteiger partial charge in [0.05, 0.1) is 5.41 Å². The molecule has 0 heterocycles. The number of hydrogen-bond donors (Lipinski definition) is 2. The van der Waals surface area contributed by atoms with Crippen molar-refractivity contribution >= 4 is 29.1 Å². The Bertz CT molecular complexity index is 783. The lowest BCUT2D eigenvalue weighted by atomic mass is 9.94. The van der Waals surface area contributed by atoms with Crippen LogP contribution in [0.5, 0.6) is 0 Å². The van der Waals surface area contributed by atoms with Crippen molar-refractivity contribution in [1.29, 1.82) is 0 Å². The Balaban J connectivity index is 1.68. The van der Waals surface area contributed by atoms with Gasteiger partial charge in [-0.1, -0.05) is 36.7 Å². The maximum Gasteiger partial charge on any atom is 0.255 e. The maximum atomic E-state index is 12.4. The fourth-order valence-corrected chi connectivity index (χ4v) is 3.08. The van der Waals surface area contributed by atoms with Gasteiger partial charge in [0, 0.05) is 22.8 Å². The second kappa shape index (κ2) is 7.28. The molecular formula is C20H21ClN2O2. The Morgan fingerprint density at radius 3 is 2.44 bits per heavy atom. The molecule has 0 unspecified atom stereocenters. The summed E-state index contributed by atoms with van der Waals surface area (Å²) < 4.78 is 0. The average molecular weight is 357 g/mol. The number of amides is 2. The third kappa shape index (κ3) is 3.85. The second-order valence-corrected chi connectivity index (χ2v) is 6.82. The number of nitrogens with one attached hydrogen (secondary N) is 2. The summed E-state index contributed by atoms with van der Waals surface area (Å²) in [6, 6.07) is 14.3. The fourth-order valence-electron chi connectivity index (χ4n) is 2.89. The summed E-state index contributed by atoms with van der Waals surface area (Å²) >= 11 is 5.92. The van der Waals surface area contributed by atoms with Crippen molar-refractivity contribution < 1.29 is 9.59 Å². The largest absolute Gasteiger partial charge is 0.355 e. The van der Waals surface area contributed by atoms with Gasteiger partial charge >= 0.3 is 0 Å². The van der Waals surface area contributed by atoms with Crippen LogP contribution in [-0.4, -0.2) is 18.4 Å². The molecule has 0 radical (unpaired) electrons. The van der Waals surface area contributed by atoms with Crippen molar-refractivity contribution in [3.63, 3.8) is 0 Å². The number of carbonyl (C=O) groups is 2. The van der Waals surface area contributed by atoms with Gasteiger partial charge in [-0.2, -0.15) is 0 Å². The molecule has 1 aliphatic carbocycles. The Hall–Kier alpha value is -2.33. The number of hydrogen-bond acceptors (Lipinski definition) is 2. The zero-order chi connectivity index (χ0) is 17.9. The molecule has 1 saturated carbocycles. The van der Waals surface area contributed by atoms with Crippen molar-refractivity contribution in [1.82, 2.24) is 5.32 Å². The topological polar surface area (TPSA) is 58.2 Å². The smallest absolute Gasteiger partial charge is 0.255 e. The van der Waals surface area contributed by atoms with Crippen molar-refractivity contribution in [3.8, 4) is 0 Å². The van der Waals surface area contributed by atoms with Gasteiger partial charge in [0.15, 0.2) is 0 Å². The van der Waals surface area contributed by atoms with Crippen LogP contribution in [-0.2, 0) is 10.2 Å². The highest BCUT2D eigenvalue weighted by Crippen LogP contribution is 2.48. The Morgan fingerprint density at radius 1 is 1.12 bits per heavy atom. The molecule has 0 atom stereocenters. The van der Waals surface area contributed by atoms with Gasteiger partial charge in [0.2, 0.25) is 5.91 Å². The van der Waals surface area contributed by atoms with E-state index in [4.69, 9.17) is 11.6 Å². The highest BCUT2D eigenvalue weighted by Gasteiger charge is 2.50. The molecule has 5 heteroatoms. The monoisotopic (exact) mass is 356 g/mol. The van der Waals surface area contributed by atoms with Crippen molar-refractivity contribution in [2.24, 2.45) is 0 Å². The van der Waals surface area contributed by atoms with Crippen LogP contribution in [0, 0.1) is 0 Å². The van der Waals surface area contributed by atoms with Gasteiger partial charge in [0.1, 0.15) is 0 Å². The van der Waals surface area contributed by atoms with Crippen molar-refractivity contribution in [2.75, 3.05) is 11.9 Å². The first-order valence-electron chi connectivity index (χ1n) is 8.51. The van der Waals surface area contributed by atoms with E-state index in [9.17, 15) is 9.59 Å². The first-order chi connectivity index (χ1) is 12.0. The molecule has 2 aromatic carbocycles. The summed E-state index contributed by atoms with van der Waals surface area (Å²) in [6.45, 7) is 2.74. The number of benzene rings is 2. The summed E-state index contributed by atoms with van der Waals surface area (Å²) in [7, 11) is 0. The lowest BCUT2D eigenvalue weighted by molar-refractivity contribution is -0.123. The minimum absolute atomic E-state index is 0.102. The van der Waals surface area contributed by atoms with Gasteiger partial charge in [0.25, 0.3) is 5.91 Å². The van der Waals surface area contributed by atoms with Crippen LogP contribution in [0.3, 0.4) is 0 Å². The Kier molecular flexibility index (Phi) is 5.09.